The summed E-state index contributed by atoms with van der Waals surface area (Å²) in [6, 6.07) is 2.14. The first-order chi connectivity index (χ1) is 9.63. The standard InChI is InChI=1S/C16H23F3N2/c1-15(2,3)14-7-13(8-20-9-14)6-12-4-5-21(10-12)11-16(17,18)19/h7-9,12H,4-6,10-11H2,1-3H3. The van der Waals surface area contributed by atoms with Gasteiger partial charge in [-0.05, 0) is 41.8 Å². The minimum absolute atomic E-state index is 0.0427. The molecule has 5 heteroatoms. The van der Waals surface area contributed by atoms with E-state index in [2.05, 4.69) is 31.8 Å². The number of hydrogen-bond donors (Lipinski definition) is 0. The van der Waals surface area contributed by atoms with Crippen LogP contribution in [-0.2, 0) is 11.8 Å². The van der Waals surface area contributed by atoms with Gasteiger partial charge in [-0.25, -0.2) is 0 Å². The normalized spacial score (nSPS) is 21.0. The molecule has 0 saturated carbocycles. The Morgan fingerprint density at radius 3 is 2.57 bits per heavy atom. The first kappa shape index (κ1) is 16.3. The molecule has 1 aromatic rings. The second-order valence-corrected chi connectivity index (χ2v) is 7.04. The number of halogens is 3. The van der Waals surface area contributed by atoms with Crippen molar-refractivity contribution in [3.05, 3.63) is 29.6 Å². The number of alkyl halides is 3. The Labute approximate surface area is 124 Å². The van der Waals surface area contributed by atoms with Gasteiger partial charge in [-0.2, -0.15) is 13.2 Å². The molecule has 0 amide bonds. The summed E-state index contributed by atoms with van der Waals surface area (Å²) in [5, 5.41) is 0. The van der Waals surface area contributed by atoms with E-state index in [-0.39, 0.29) is 5.41 Å². The monoisotopic (exact) mass is 300 g/mol. The molecule has 0 spiro atoms. The Morgan fingerprint density at radius 2 is 1.95 bits per heavy atom. The molecule has 2 nitrogen and oxygen atoms in total. The molecule has 1 fully saturated rings. The topological polar surface area (TPSA) is 16.1 Å². The van der Waals surface area contributed by atoms with E-state index in [1.54, 1.807) is 0 Å². The maximum absolute atomic E-state index is 12.4. The highest BCUT2D eigenvalue weighted by atomic mass is 19.4. The summed E-state index contributed by atoms with van der Waals surface area (Å²) >= 11 is 0. The molecular formula is C16H23F3N2. The van der Waals surface area contributed by atoms with Crippen molar-refractivity contribution < 1.29 is 13.2 Å². The molecule has 1 saturated heterocycles. The van der Waals surface area contributed by atoms with Crippen LogP contribution in [0.4, 0.5) is 13.2 Å². The number of hydrogen-bond acceptors (Lipinski definition) is 2. The van der Waals surface area contributed by atoms with Crippen LogP contribution >= 0.6 is 0 Å². The minimum atomic E-state index is -4.09. The summed E-state index contributed by atoms with van der Waals surface area (Å²) in [4.78, 5) is 5.78. The van der Waals surface area contributed by atoms with E-state index < -0.39 is 12.7 Å². The van der Waals surface area contributed by atoms with Crippen molar-refractivity contribution in [2.75, 3.05) is 19.6 Å². The molecule has 1 atom stereocenters. The molecule has 0 bridgehead atoms. The van der Waals surface area contributed by atoms with Crippen molar-refractivity contribution in [1.29, 1.82) is 0 Å². The van der Waals surface area contributed by atoms with Crippen molar-refractivity contribution in [2.45, 2.75) is 45.2 Å². The highest BCUT2D eigenvalue weighted by Crippen LogP contribution is 2.27. The lowest BCUT2D eigenvalue weighted by molar-refractivity contribution is -0.143. The number of rotatable bonds is 3. The lowest BCUT2D eigenvalue weighted by Crippen LogP contribution is -2.32. The summed E-state index contributed by atoms with van der Waals surface area (Å²) in [5.41, 5.74) is 2.34. The van der Waals surface area contributed by atoms with Gasteiger partial charge in [-0.15, -0.1) is 0 Å². The Kier molecular flexibility index (Phi) is 4.61. The summed E-state index contributed by atoms with van der Waals surface area (Å²) in [7, 11) is 0. The molecule has 1 unspecified atom stereocenters. The van der Waals surface area contributed by atoms with Crippen LogP contribution in [0.1, 0.15) is 38.3 Å². The zero-order valence-electron chi connectivity index (χ0n) is 12.9. The number of nitrogens with zero attached hydrogens (tertiary/aromatic N) is 2. The summed E-state index contributed by atoms with van der Waals surface area (Å²) < 4.78 is 37.2. The highest BCUT2D eigenvalue weighted by Gasteiger charge is 2.34. The Balaban J connectivity index is 1.95. The van der Waals surface area contributed by atoms with Crippen LogP contribution in [0.2, 0.25) is 0 Å². The molecule has 1 aliphatic heterocycles. The second kappa shape index (κ2) is 5.95. The van der Waals surface area contributed by atoms with Crippen molar-refractivity contribution in [3.8, 4) is 0 Å². The molecule has 0 aliphatic carbocycles. The smallest absolute Gasteiger partial charge is 0.295 e. The van der Waals surface area contributed by atoms with Crippen LogP contribution < -0.4 is 0 Å². The minimum Gasteiger partial charge on any atom is -0.295 e. The van der Waals surface area contributed by atoms with Crippen LogP contribution in [0.3, 0.4) is 0 Å². The SMILES string of the molecule is CC(C)(C)c1cncc(CC2CCN(CC(F)(F)F)C2)c1. The van der Waals surface area contributed by atoms with Gasteiger partial charge in [0.1, 0.15) is 0 Å². The predicted octanol–water partition coefficient (Wildman–Crippen LogP) is 3.81. The quantitative estimate of drug-likeness (QED) is 0.844. The van der Waals surface area contributed by atoms with Crippen LogP contribution in [0.15, 0.2) is 18.5 Å². The molecular weight excluding hydrogens is 277 g/mol. The third kappa shape index (κ3) is 4.99. The number of pyridine rings is 1. The fraction of sp³-hybridized carbons (Fsp3) is 0.688. The summed E-state index contributed by atoms with van der Waals surface area (Å²) in [6.45, 7) is 6.68. The van der Waals surface area contributed by atoms with E-state index in [1.165, 1.54) is 10.5 Å². The molecule has 21 heavy (non-hydrogen) atoms. The molecule has 0 aromatic carbocycles. The summed E-state index contributed by atoms with van der Waals surface area (Å²) in [5.74, 6) is 0.296. The zero-order valence-corrected chi connectivity index (χ0v) is 12.9. The van der Waals surface area contributed by atoms with E-state index >= 15 is 0 Å². The third-order valence-corrected chi connectivity index (χ3v) is 3.96. The highest BCUT2D eigenvalue weighted by molar-refractivity contribution is 5.24. The average molecular weight is 300 g/mol. The summed E-state index contributed by atoms with van der Waals surface area (Å²) in [6.07, 6.45) is 1.25. The van der Waals surface area contributed by atoms with Crippen LogP contribution in [0.5, 0.6) is 0 Å². The largest absolute Gasteiger partial charge is 0.401 e. The van der Waals surface area contributed by atoms with Crippen molar-refractivity contribution >= 4 is 0 Å². The van der Waals surface area contributed by atoms with Gasteiger partial charge in [0.05, 0.1) is 6.54 Å². The van der Waals surface area contributed by atoms with Gasteiger partial charge in [-0.3, -0.25) is 9.88 Å². The fourth-order valence-electron chi connectivity index (χ4n) is 2.82. The first-order valence-electron chi connectivity index (χ1n) is 7.37. The van der Waals surface area contributed by atoms with Gasteiger partial charge < -0.3 is 0 Å². The zero-order chi connectivity index (χ0) is 15.7. The maximum Gasteiger partial charge on any atom is 0.401 e. The van der Waals surface area contributed by atoms with E-state index in [4.69, 9.17) is 0 Å². The van der Waals surface area contributed by atoms with Gasteiger partial charge in [0.2, 0.25) is 0 Å². The molecule has 1 aliphatic rings. The van der Waals surface area contributed by atoms with Crippen molar-refractivity contribution in [2.24, 2.45) is 5.92 Å². The van der Waals surface area contributed by atoms with Gasteiger partial charge in [-0.1, -0.05) is 26.8 Å². The first-order valence-corrected chi connectivity index (χ1v) is 7.37. The Hall–Kier alpha value is -1.10. The van der Waals surface area contributed by atoms with Gasteiger partial charge in [0, 0.05) is 18.9 Å². The van der Waals surface area contributed by atoms with Crippen LogP contribution in [-0.4, -0.2) is 35.7 Å². The van der Waals surface area contributed by atoms with Gasteiger partial charge in [0.15, 0.2) is 0 Å². The maximum atomic E-state index is 12.4. The van der Waals surface area contributed by atoms with Crippen LogP contribution in [0.25, 0.3) is 0 Å². The molecule has 2 rings (SSSR count). The molecule has 0 N–H and O–H groups in total. The van der Waals surface area contributed by atoms with Crippen LogP contribution in [0, 0.1) is 5.92 Å². The van der Waals surface area contributed by atoms with E-state index in [1.807, 2.05) is 12.4 Å². The van der Waals surface area contributed by atoms with Gasteiger partial charge >= 0.3 is 6.18 Å². The van der Waals surface area contributed by atoms with E-state index in [9.17, 15) is 13.2 Å². The molecule has 0 radical (unpaired) electrons. The van der Waals surface area contributed by atoms with E-state index in [0.29, 0.717) is 19.0 Å². The van der Waals surface area contributed by atoms with Gasteiger partial charge in [0.25, 0.3) is 0 Å². The Morgan fingerprint density at radius 1 is 1.24 bits per heavy atom. The third-order valence-electron chi connectivity index (χ3n) is 3.96. The lowest BCUT2D eigenvalue weighted by Gasteiger charge is -2.20. The lowest BCUT2D eigenvalue weighted by atomic mass is 9.86. The van der Waals surface area contributed by atoms with E-state index in [0.717, 1.165) is 18.4 Å². The fourth-order valence-corrected chi connectivity index (χ4v) is 2.82. The van der Waals surface area contributed by atoms with Crippen molar-refractivity contribution in [1.82, 2.24) is 9.88 Å². The molecule has 2 heterocycles. The average Bonchev–Trinajstić information content (AvgIpc) is 2.73. The predicted molar refractivity (Wildman–Crippen MR) is 77.2 cm³/mol. The Bertz CT molecular complexity index is 477. The van der Waals surface area contributed by atoms with Crippen molar-refractivity contribution in [3.63, 3.8) is 0 Å². The molecule has 1 aromatic heterocycles. The number of likely N-dealkylation sites (tertiary alicyclic amines) is 1. The molecule has 118 valence electrons. The number of aromatic nitrogens is 1. The second-order valence-electron chi connectivity index (χ2n) is 7.04.